The van der Waals surface area contributed by atoms with Crippen LogP contribution in [-0.2, 0) is 28.4 Å². The molecule has 2 amide bonds. The first-order chi connectivity index (χ1) is 37.7. The van der Waals surface area contributed by atoms with Crippen molar-refractivity contribution in [2.24, 2.45) is 0 Å². The third-order valence-corrected chi connectivity index (χ3v) is 14.2. The van der Waals surface area contributed by atoms with E-state index in [0.717, 1.165) is 6.20 Å². The van der Waals surface area contributed by atoms with Crippen LogP contribution < -0.4 is 66.0 Å². The van der Waals surface area contributed by atoms with Gasteiger partial charge in [-0.05, 0) is 116 Å². The summed E-state index contributed by atoms with van der Waals surface area (Å²) in [6, 6.07) is 11.8. The average molecular weight is 1130 g/mol. The van der Waals surface area contributed by atoms with E-state index in [4.69, 9.17) is 46.7 Å². The number of fused-ring (bicyclic) bond motifs is 2. The molecule has 2 aliphatic rings. The fourth-order valence-corrected chi connectivity index (χ4v) is 10.0. The van der Waals surface area contributed by atoms with E-state index in [-0.39, 0.29) is 102 Å². The van der Waals surface area contributed by atoms with Crippen molar-refractivity contribution in [3.05, 3.63) is 126 Å². The second kappa shape index (κ2) is 22.8. The van der Waals surface area contributed by atoms with Gasteiger partial charge >= 0.3 is 52.7 Å². The number of amides is 2. The second-order valence-electron chi connectivity index (χ2n) is 20.5. The minimum atomic E-state index is -1.60. The summed E-state index contributed by atoms with van der Waals surface area (Å²) in [6.07, 6.45) is -9.42. The topological polar surface area (TPSA) is 358 Å². The molecule has 7 aromatic rings. The number of hydrogen-bond acceptors (Lipinski definition) is 20. The van der Waals surface area contributed by atoms with E-state index in [9.17, 15) is 49.2 Å². The first-order valence-electron chi connectivity index (χ1n) is 25.0. The molecule has 0 unspecified atom stereocenters. The Labute approximate surface area is 482 Å². The molecule has 5 aromatic heterocycles. The van der Waals surface area contributed by atoms with Crippen molar-refractivity contribution in [3.8, 4) is 23.0 Å². The van der Waals surface area contributed by atoms with Gasteiger partial charge in [-0.2, -0.15) is 0 Å². The largest absolute Gasteiger partial charge is 1.00 e. The van der Waals surface area contributed by atoms with Crippen molar-refractivity contribution in [1.29, 1.82) is 0 Å². The van der Waals surface area contributed by atoms with E-state index in [1.54, 1.807) is 53.7 Å². The molecule has 2 aromatic carbocycles. The summed E-state index contributed by atoms with van der Waals surface area (Å²) >= 11 is 0. The maximum Gasteiger partial charge on any atom is 1.00 e. The van der Waals surface area contributed by atoms with Crippen molar-refractivity contribution < 1.29 is 116 Å². The Balaban J connectivity index is 0.00000860. The van der Waals surface area contributed by atoms with E-state index < -0.39 is 118 Å². The zero-order valence-electron chi connectivity index (χ0n) is 46.1. The number of aliphatic hydroxyl groups excluding tert-OH is 2. The zero-order valence-corrected chi connectivity index (χ0v) is 48.1. The van der Waals surface area contributed by atoms with Crippen LogP contribution in [-0.4, -0.2) is 129 Å². The minimum absolute atomic E-state index is 0. The molecule has 26 heteroatoms. The number of aliphatic hydroxyl groups is 2. The summed E-state index contributed by atoms with van der Waals surface area (Å²) in [6.45, 7) is 14.5. The van der Waals surface area contributed by atoms with Gasteiger partial charge in [-0.3, -0.25) is 9.59 Å². The van der Waals surface area contributed by atoms with Gasteiger partial charge < -0.3 is 92.7 Å². The van der Waals surface area contributed by atoms with E-state index in [0.29, 0.717) is 11.4 Å². The van der Waals surface area contributed by atoms with Gasteiger partial charge in [0.25, 0.3) is 11.8 Å². The van der Waals surface area contributed by atoms with Crippen LogP contribution in [0.2, 0.25) is 0 Å². The number of carbonyl (C=O) groups is 4. The number of aromatic hydroxyl groups is 1. The van der Waals surface area contributed by atoms with Crippen molar-refractivity contribution in [1.82, 2.24) is 15.0 Å². The average Bonchev–Trinajstić information content (AvgIpc) is 4.23. The van der Waals surface area contributed by atoms with Crippen LogP contribution in [0.3, 0.4) is 0 Å². The predicted octanol–water partition coefficient (Wildman–Crippen LogP) is 1.94. The number of hydrogen-bond donors (Lipinski definition) is 8. The molecule has 0 radical (unpaired) electrons. The smallest absolute Gasteiger partial charge is 0.870 e. The number of anilines is 2. The number of ether oxygens (including phenoxy) is 8. The third-order valence-electron chi connectivity index (χ3n) is 14.2. The molecule has 9 rings (SSSR count). The molecule has 0 aliphatic carbocycles. The van der Waals surface area contributed by atoms with Gasteiger partial charge in [0.2, 0.25) is 12.6 Å². The van der Waals surface area contributed by atoms with Crippen LogP contribution in [0, 0.1) is 34.6 Å². The van der Waals surface area contributed by atoms with Crippen LogP contribution in [0.5, 0.6) is 23.0 Å². The summed E-state index contributed by atoms with van der Waals surface area (Å²) in [5.74, 6) is -5.06. The fraction of sp³-hybridized carbons (Fsp3) is 0.382. The molecule has 81 heavy (non-hydrogen) atoms. The van der Waals surface area contributed by atoms with Crippen molar-refractivity contribution >= 4 is 57.1 Å². The van der Waals surface area contributed by atoms with E-state index in [2.05, 4.69) is 25.6 Å². The van der Waals surface area contributed by atoms with Crippen LogP contribution in [0.4, 0.5) is 11.4 Å². The Morgan fingerprint density at radius 3 is 1.53 bits per heavy atom. The Bertz CT molecular complexity index is 3490. The molecule has 25 nitrogen and oxygen atoms in total. The standard InChI is InChI=1S/C55H59N5O20.Na/c1-21-12-16-29(57-21)48(67)77-42-38(63)52(79-54(6,7)44(42)71-10)73-31-18-14-26-36(61)34(50(69)75-40(26)24(31)4)59-46(65)28-20-56-33(23(28)3)47(66)60-35-37(62)27-15-19-32(25(5)41(27)76-51(35)70)74-53-39(64)43(45(72-11)55(8,9)80-53)78-49(68)30-17-13-22(2)58-30;/h12-20,38-39,42-45,52-53,56-58,61-64H,1-11H3,(H,59,65)(H,60,66);/q;+1/p-1/t38-,39-,42+,43+,44-,45-,52-,53-;/m1./s1. The number of benzene rings is 2. The molecule has 8 atom stereocenters. The van der Waals surface area contributed by atoms with Crippen LogP contribution >= 0.6 is 0 Å². The molecule has 0 bridgehead atoms. The number of aromatic amines is 3. The van der Waals surface area contributed by atoms with E-state index in [1.807, 2.05) is 0 Å². The van der Waals surface area contributed by atoms with Gasteiger partial charge in [-0.15, -0.1) is 0 Å². The molecule has 2 fully saturated rings. The monoisotopic (exact) mass is 1130 g/mol. The number of H-pyrrole nitrogens is 3. The van der Waals surface area contributed by atoms with Crippen molar-refractivity contribution in [2.75, 3.05) is 24.9 Å². The zero-order chi connectivity index (χ0) is 58.0. The van der Waals surface area contributed by atoms with E-state index >= 15 is 0 Å². The van der Waals surface area contributed by atoms with E-state index in [1.165, 1.54) is 71.4 Å². The number of aromatic nitrogens is 3. The van der Waals surface area contributed by atoms with Crippen LogP contribution in [0.25, 0.3) is 21.9 Å². The first-order valence-corrected chi connectivity index (χ1v) is 25.0. The quantitative estimate of drug-likeness (QED) is 0.0438. The first kappa shape index (κ1) is 59.7. The number of esters is 2. The van der Waals surface area contributed by atoms with Gasteiger partial charge in [0, 0.05) is 48.3 Å². The van der Waals surface area contributed by atoms with Gasteiger partial charge in [-0.25, -0.2) is 19.2 Å². The van der Waals surface area contributed by atoms with Crippen LogP contribution in [0.1, 0.15) is 97.6 Å². The maximum atomic E-state index is 13.8. The van der Waals surface area contributed by atoms with Gasteiger partial charge in [0.1, 0.15) is 57.6 Å². The number of methoxy groups -OCH3 is 2. The maximum absolute atomic E-state index is 13.8. The Kier molecular flexibility index (Phi) is 16.8. The molecule has 8 N–H and O–H groups in total. The number of rotatable bonds is 14. The van der Waals surface area contributed by atoms with Gasteiger partial charge in [0.15, 0.2) is 35.9 Å². The summed E-state index contributed by atoms with van der Waals surface area (Å²) in [5.41, 5.74) is -4.99. The van der Waals surface area contributed by atoms with Gasteiger partial charge in [0.05, 0.1) is 22.2 Å². The molecule has 424 valence electrons. The normalized spacial score (nSPS) is 22.1. The molecular formula is C55H58N5NaO20. The van der Waals surface area contributed by atoms with Crippen LogP contribution in [0.15, 0.2) is 73.2 Å². The summed E-state index contributed by atoms with van der Waals surface area (Å²) in [7, 11) is 2.75. The molecule has 2 aliphatic heterocycles. The summed E-state index contributed by atoms with van der Waals surface area (Å²) in [5, 5.41) is 52.6. The summed E-state index contributed by atoms with van der Waals surface area (Å²) in [4.78, 5) is 88.9. The molecule has 0 spiro atoms. The molecule has 2 saturated heterocycles. The van der Waals surface area contributed by atoms with Gasteiger partial charge in [-0.1, -0.05) is 5.75 Å². The number of nitrogens with one attached hydrogen (secondary N) is 5. The Morgan fingerprint density at radius 1 is 0.630 bits per heavy atom. The van der Waals surface area contributed by atoms with Crippen molar-refractivity contribution in [2.45, 2.75) is 123 Å². The molecular weight excluding hydrogens is 1070 g/mol. The molecule has 0 saturated carbocycles. The van der Waals surface area contributed by atoms with Crippen molar-refractivity contribution in [3.63, 3.8) is 0 Å². The number of aryl methyl sites for hydroxylation is 4. The Morgan fingerprint density at radius 2 is 1.07 bits per heavy atom. The predicted molar refractivity (Wildman–Crippen MR) is 279 cm³/mol. The fourth-order valence-electron chi connectivity index (χ4n) is 10.0. The molecule has 7 heterocycles. The minimum Gasteiger partial charge on any atom is -0.870 e. The second-order valence-corrected chi connectivity index (χ2v) is 20.5. The number of carbonyl (C=O) groups excluding carboxylic acids is 4. The Hall–Kier alpha value is -7.46. The third kappa shape index (κ3) is 11.2. The SMILES string of the molecule is CO[C@@H]1[C@@H](OC(=O)c2ccc(C)[nH]2)[C@@H](O)[C@H](Oc2ccc3c([O-])c(NC(=O)c4[nH]cc(C(=O)Nc5c(O)c6ccc(O[C@@H]7OC(C)(C)[C@H](OC)[C@@H](OC(=O)c8ccc(C)[nH]8)[C@H]7O)c(C)c6oc5=O)c4C)c(=O)oc3c2C)OC1(C)C.[Na+]. The summed E-state index contributed by atoms with van der Waals surface area (Å²) < 4.78 is 58.2.